The Labute approximate surface area is 124 Å². The Bertz CT molecular complexity index is 407. The Balaban J connectivity index is 2.32. The molecule has 2 unspecified atom stereocenters. The smallest absolute Gasteiger partial charge is 0.128 e. The van der Waals surface area contributed by atoms with Crippen LogP contribution in [-0.4, -0.2) is 29.1 Å². The van der Waals surface area contributed by atoms with Crippen LogP contribution in [0.4, 0.5) is 4.39 Å². The SMILES string of the molecule is CCNC(c1c(C)cc(C)cc1F)C1CSCCS1. The molecule has 1 fully saturated rings. The molecule has 1 aliphatic rings. The molecule has 1 N–H and O–H groups in total. The van der Waals surface area contributed by atoms with Crippen LogP contribution < -0.4 is 5.32 Å². The molecule has 106 valence electrons. The molecule has 1 aliphatic heterocycles. The largest absolute Gasteiger partial charge is 0.309 e. The first-order valence-electron chi connectivity index (χ1n) is 6.83. The molecule has 2 rings (SSSR count). The molecule has 0 bridgehead atoms. The zero-order chi connectivity index (χ0) is 13.8. The number of hydrogen-bond donors (Lipinski definition) is 1. The minimum absolute atomic E-state index is 0.0559. The maximum atomic E-state index is 14.4. The molecule has 0 radical (unpaired) electrons. The van der Waals surface area contributed by atoms with E-state index in [1.54, 1.807) is 6.07 Å². The first-order valence-corrected chi connectivity index (χ1v) is 9.03. The number of halogens is 1. The molecular formula is C15H22FNS2. The van der Waals surface area contributed by atoms with Crippen LogP contribution in [-0.2, 0) is 0 Å². The Morgan fingerprint density at radius 2 is 2.16 bits per heavy atom. The van der Waals surface area contributed by atoms with Crippen LogP contribution in [0.3, 0.4) is 0 Å². The summed E-state index contributed by atoms with van der Waals surface area (Å²) in [6, 6.07) is 3.87. The van der Waals surface area contributed by atoms with E-state index in [2.05, 4.69) is 18.3 Å². The van der Waals surface area contributed by atoms with E-state index in [1.165, 1.54) is 11.5 Å². The molecule has 4 heteroatoms. The van der Waals surface area contributed by atoms with Crippen molar-refractivity contribution in [3.05, 3.63) is 34.6 Å². The van der Waals surface area contributed by atoms with Crippen molar-refractivity contribution in [2.75, 3.05) is 23.8 Å². The van der Waals surface area contributed by atoms with Gasteiger partial charge in [-0.25, -0.2) is 4.39 Å². The van der Waals surface area contributed by atoms with Crippen LogP contribution in [0, 0.1) is 19.7 Å². The summed E-state index contributed by atoms with van der Waals surface area (Å²) in [5.74, 6) is 3.44. The Hall–Kier alpha value is -0.190. The van der Waals surface area contributed by atoms with Crippen LogP contribution >= 0.6 is 23.5 Å². The van der Waals surface area contributed by atoms with Crippen molar-refractivity contribution < 1.29 is 4.39 Å². The number of rotatable bonds is 4. The number of hydrogen-bond acceptors (Lipinski definition) is 3. The van der Waals surface area contributed by atoms with Gasteiger partial charge < -0.3 is 5.32 Å². The molecule has 1 saturated heterocycles. The van der Waals surface area contributed by atoms with Gasteiger partial charge in [0.1, 0.15) is 5.82 Å². The Morgan fingerprint density at radius 3 is 2.74 bits per heavy atom. The molecule has 1 aromatic rings. The quantitative estimate of drug-likeness (QED) is 0.904. The first kappa shape index (κ1) is 15.2. The lowest BCUT2D eigenvalue weighted by Crippen LogP contribution is -2.34. The average Bonchev–Trinajstić information content (AvgIpc) is 2.37. The van der Waals surface area contributed by atoms with Gasteiger partial charge in [0, 0.05) is 34.1 Å². The monoisotopic (exact) mass is 299 g/mol. The van der Waals surface area contributed by atoms with Crippen LogP contribution in [0.15, 0.2) is 12.1 Å². The van der Waals surface area contributed by atoms with Gasteiger partial charge in [-0.2, -0.15) is 23.5 Å². The van der Waals surface area contributed by atoms with E-state index < -0.39 is 0 Å². The first-order chi connectivity index (χ1) is 9.13. The third-order valence-electron chi connectivity index (χ3n) is 3.43. The zero-order valence-electron chi connectivity index (χ0n) is 11.8. The summed E-state index contributed by atoms with van der Waals surface area (Å²) in [5.41, 5.74) is 2.94. The zero-order valence-corrected chi connectivity index (χ0v) is 13.5. The van der Waals surface area contributed by atoms with Gasteiger partial charge in [0.05, 0.1) is 0 Å². The highest BCUT2D eigenvalue weighted by Gasteiger charge is 2.28. The number of aryl methyl sites for hydroxylation is 2. The van der Waals surface area contributed by atoms with Crippen molar-refractivity contribution >= 4 is 23.5 Å². The Morgan fingerprint density at radius 1 is 1.37 bits per heavy atom. The van der Waals surface area contributed by atoms with E-state index in [-0.39, 0.29) is 11.9 Å². The summed E-state index contributed by atoms with van der Waals surface area (Å²) in [4.78, 5) is 0. The van der Waals surface area contributed by atoms with E-state index >= 15 is 0 Å². The topological polar surface area (TPSA) is 12.0 Å². The highest BCUT2D eigenvalue weighted by Crippen LogP contribution is 2.36. The van der Waals surface area contributed by atoms with Gasteiger partial charge in [-0.15, -0.1) is 0 Å². The van der Waals surface area contributed by atoms with Crippen LogP contribution in [0.25, 0.3) is 0 Å². The van der Waals surface area contributed by atoms with Gasteiger partial charge in [0.25, 0.3) is 0 Å². The van der Waals surface area contributed by atoms with E-state index in [9.17, 15) is 4.39 Å². The molecule has 1 heterocycles. The van der Waals surface area contributed by atoms with Gasteiger partial charge >= 0.3 is 0 Å². The molecule has 0 aromatic heterocycles. The molecular weight excluding hydrogens is 277 g/mol. The van der Waals surface area contributed by atoms with E-state index in [1.807, 2.05) is 37.4 Å². The molecule has 2 atom stereocenters. The molecule has 0 saturated carbocycles. The minimum atomic E-state index is -0.0559. The fraction of sp³-hybridized carbons (Fsp3) is 0.600. The summed E-state index contributed by atoms with van der Waals surface area (Å²) in [5, 5.41) is 3.96. The fourth-order valence-corrected chi connectivity index (χ4v) is 5.51. The molecule has 1 nitrogen and oxygen atoms in total. The predicted octanol–water partition coefficient (Wildman–Crippen LogP) is 3.94. The summed E-state index contributed by atoms with van der Waals surface area (Å²) in [7, 11) is 0. The molecule has 19 heavy (non-hydrogen) atoms. The third-order valence-corrected chi connectivity index (χ3v) is 6.29. The highest BCUT2D eigenvalue weighted by molar-refractivity contribution is 8.06. The van der Waals surface area contributed by atoms with Gasteiger partial charge in [-0.3, -0.25) is 0 Å². The minimum Gasteiger partial charge on any atom is -0.309 e. The summed E-state index contributed by atoms with van der Waals surface area (Å²) >= 11 is 3.96. The number of thioether (sulfide) groups is 2. The van der Waals surface area contributed by atoms with E-state index in [0.717, 1.165) is 29.0 Å². The third kappa shape index (κ3) is 3.67. The maximum absolute atomic E-state index is 14.4. The van der Waals surface area contributed by atoms with Gasteiger partial charge in [0.2, 0.25) is 0 Å². The van der Waals surface area contributed by atoms with Crippen molar-refractivity contribution in [2.45, 2.75) is 32.1 Å². The molecule has 0 aliphatic carbocycles. The summed E-state index contributed by atoms with van der Waals surface area (Å²) in [6.07, 6.45) is 0. The predicted molar refractivity (Wildman–Crippen MR) is 85.9 cm³/mol. The number of nitrogens with one attached hydrogen (secondary N) is 1. The van der Waals surface area contributed by atoms with E-state index in [0.29, 0.717) is 5.25 Å². The number of benzene rings is 1. The lowest BCUT2D eigenvalue weighted by molar-refractivity contribution is 0.507. The molecule has 0 amide bonds. The van der Waals surface area contributed by atoms with Gasteiger partial charge in [0.15, 0.2) is 0 Å². The second kappa shape index (κ2) is 7.00. The lowest BCUT2D eigenvalue weighted by atomic mass is 9.96. The van der Waals surface area contributed by atoms with Crippen molar-refractivity contribution in [3.8, 4) is 0 Å². The highest BCUT2D eigenvalue weighted by atomic mass is 32.2. The van der Waals surface area contributed by atoms with Crippen molar-refractivity contribution in [3.63, 3.8) is 0 Å². The van der Waals surface area contributed by atoms with Crippen LogP contribution in [0.5, 0.6) is 0 Å². The van der Waals surface area contributed by atoms with Gasteiger partial charge in [-0.1, -0.05) is 13.0 Å². The standard InChI is InChI=1S/C15H22FNS2/c1-4-17-15(13-9-18-5-6-19-13)14-11(3)7-10(2)8-12(14)16/h7-8,13,15,17H,4-6,9H2,1-3H3. The van der Waals surface area contributed by atoms with Crippen molar-refractivity contribution in [2.24, 2.45) is 0 Å². The molecule has 0 spiro atoms. The van der Waals surface area contributed by atoms with Gasteiger partial charge in [-0.05, 0) is 37.6 Å². The normalized spacial score (nSPS) is 21.4. The summed E-state index contributed by atoms with van der Waals surface area (Å²) in [6.45, 7) is 6.94. The summed E-state index contributed by atoms with van der Waals surface area (Å²) < 4.78 is 14.4. The fourth-order valence-electron chi connectivity index (χ4n) is 2.66. The second-order valence-electron chi connectivity index (χ2n) is 5.00. The van der Waals surface area contributed by atoms with Crippen molar-refractivity contribution in [1.82, 2.24) is 5.32 Å². The van der Waals surface area contributed by atoms with Crippen LogP contribution in [0.1, 0.15) is 29.7 Å². The average molecular weight is 299 g/mol. The van der Waals surface area contributed by atoms with Crippen molar-refractivity contribution in [1.29, 1.82) is 0 Å². The Kier molecular flexibility index (Phi) is 5.60. The maximum Gasteiger partial charge on any atom is 0.128 e. The second-order valence-corrected chi connectivity index (χ2v) is 7.49. The molecule has 1 aromatic carbocycles. The van der Waals surface area contributed by atoms with Crippen LogP contribution in [0.2, 0.25) is 0 Å². The lowest BCUT2D eigenvalue weighted by Gasteiger charge is -2.31. The van der Waals surface area contributed by atoms with E-state index in [4.69, 9.17) is 0 Å².